The maximum absolute atomic E-state index is 12.6. The molecule has 1 fully saturated rings. The molecule has 0 bridgehead atoms. The van der Waals surface area contributed by atoms with E-state index in [4.69, 9.17) is 4.74 Å². The minimum atomic E-state index is 0.156. The fraction of sp³-hybridized carbons (Fsp3) is 0.588. The monoisotopic (exact) mass is 275 g/mol. The number of piperidine rings is 1. The number of nitrogens with zero attached hydrogens (tertiary/aromatic N) is 1. The lowest BCUT2D eigenvalue weighted by atomic mass is 9.99. The van der Waals surface area contributed by atoms with Crippen LogP contribution in [0.5, 0.6) is 5.75 Å². The molecule has 2 rings (SSSR count). The van der Waals surface area contributed by atoms with E-state index in [-0.39, 0.29) is 12.0 Å². The van der Waals surface area contributed by atoms with Crippen molar-refractivity contribution < 1.29 is 9.53 Å². The number of ether oxygens (including phenoxy) is 1. The zero-order chi connectivity index (χ0) is 14.5. The van der Waals surface area contributed by atoms with Crippen molar-refractivity contribution >= 4 is 5.91 Å². The molecule has 0 radical (unpaired) electrons. The molecule has 3 nitrogen and oxygen atoms in total. The quantitative estimate of drug-likeness (QED) is 0.834. The number of hydrogen-bond donors (Lipinski definition) is 0. The Balaban J connectivity index is 2.08. The molecule has 1 aliphatic heterocycles. The van der Waals surface area contributed by atoms with E-state index in [9.17, 15) is 4.79 Å². The van der Waals surface area contributed by atoms with E-state index < -0.39 is 0 Å². The van der Waals surface area contributed by atoms with Crippen LogP contribution in [0.3, 0.4) is 0 Å². The summed E-state index contributed by atoms with van der Waals surface area (Å²) in [4.78, 5) is 14.6. The molecule has 1 amide bonds. The normalized spacial score (nSPS) is 19.2. The largest absolute Gasteiger partial charge is 0.491 e. The third kappa shape index (κ3) is 3.53. The van der Waals surface area contributed by atoms with Gasteiger partial charge in [-0.05, 0) is 63.8 Å². The number of likely N-dealkylation sites (tertiary alicyclic amines) is 1. The summed E-state index contributed by atoms with van der Waals surface area (Å²) in [6.07, 6.45) is 4.69. The van der Waals surface area contributed by atoms with E-state index in [1.807, 2.05) is 43.0 Å². The first-order valence-electron chi connectivity index (χ1n) is 7.69. The minimum absolute atomic E-state index is 0.156. The molecule has 1 saturated heterocycles. The molecule has 1 atom stereocenters. The third-order valence-corrected chi connectivity index (χ3v) is 3.83. The van der Waals surface area contributed by atoms with Gasteiger partial charge in [0.2, 0.25) is 0 Å². The molecule has 110 valence electrons. The molecule has 1 aliphatic rings. The highest BCUT2D eigenvalue weighted by molar-refractivity contribution is 5.94. The molecule has 1 heterocycles. The van der Waals surface area contributed by atoms with E-state index in [2.05, 4.69) is 6.92 Å². The van der Waals surface area contributed by atoms with Gasteiger partial charge in [0.25, 0.3) is 5.91 Å². The second kappa shape index (κ2) is 6.78. The number of rotatable bonds is 4. The fourth-order valence-corrected chi connectivity index (χ4v) is 2.81. The van der Waals surface area contributed by atoms with Crippen molar-refractivity contribution in [3.8, 4) is 5.75 Å². The van der Waals surface area contributed by atoms with Gasteiger partial charge in [-0.1, -0.05) is 6.92 Å². The van der Waals surface area contributed by atoms with Crippen LogP contribution in [0, 0.1) is 0 Å². The summed E-state index contributed by atoms with van der Waals surface area (Å²) in [6, 6.07) is 7.93. The van der Waals surface area contributed by atoms with Crippen LogP contribution >= 0.6 is 0 Å². The lowest BCUT2D eigenvalue weighted by Gasteiger charge is -2.35. The summed E-state index contributed by atoms with van der Waals surface area (Å²) in [5.41, 5.74) is 0.765. The van der Waals surface area contributed by atoms with Crippen molar-refractivity contribution in [1.29, 1.82) is 0 Å². The molecule has 0 aliphatic carbocycles. The third-order valence-electron chi connectivity index (χ3n) is 3.83. The number of carbonyl (C=O) groups excluding carboxylic acids is 1. The van der Waals surface area contributed by atoms with Crippen molar-refractivity contribution in [3.05, 3.63) is 29.8 Å². The van der Waals surface area contributed by atoms with Crippen molar-refractivity contribution in [3.63, 3.8) is 0 Å². The van der Waals surface area contributed by atoms with E-state index in [0.29, 0.717) is 6.04 Å². The van der Waals surface area contributed by atoms with Crippen LogP contribution in [0.25, 0.3) is 0 Å². The van der Waals surface area contributed by atoms with Crippen LogP contribution in [-0.2, 0) is 0 Å². The maximum atomic E-state index is 12.6. The molecule has 0 aromatic heterocycles. The number of amides is 1. The Morgan fingerprint density at radius 1 is 1.30 bits per heavy atom. The van der Waals surface area contributed by atoms with E-state index >= 15 is 0 Å². The standard InChI is InChI=1S/C17H25NO2/c1-4-15-7-5-6-12-18(15)17(19)14-8-10-16(11-9-14)20-13(2)3/h8-11,13,15H,4-7,12H2,1-3H3. The maximum Gasteiger partial charge on any atom is 0.254 e. The van der Waals surface area contributed by atoms with Crippen LogP contribution in [0.1, 0.15) is 56.8 Å². The Bertz CT molecular complexity index is 439. The lowest BCUT2D eigenvalue weighted by molar-refractivity contribution is 0.0608. The number of hydrogen-bond acceptors (Lipinski definition) is 2. The second-order valence-corrected chi connectivity index (χ2v) is 5.75. The van der Waals surface area contributed by atoms with Gasteiger partial charge in [0.15, 0.2) is 0 Å². The highest BCUT2D eigenvalue weighted by Crippen LogP contribution is 2.23. The fourth-order valence-electron chi connectivity index (χ4n) is 2.81. The lowest BCUT2D eigenvalue weighted by Crippen LogP contribution is -2.43. The first-order valence-corrected chi connectivity index (χ1v) is 7.69. The van der Waals surface area contributed by atoms with Crippen molar-refractivity contribution in [1.82, 2.24) is 4.90 Å². The van der Waals surface area contributed by atoms with Gasteiger partial charge < -0.3 is 9.64 Å². The van der Waals surface area contributed by atoms with Crippen LogP contribution < -0.4 is 4.74 Å². The highest BCUT2D eigenvalue weighted by atomic mass is 16.5. The smallest absolute Gasteiger partial charge is 0.254 e. The summed E-state index contributed by atoms with van der Waals surface area (Å²) in [5, 5.41) is 0. The first-order chi connectivity index (χ1) is 9.61. The molecule has 1 aromatic rings. The molecule has 0 N–H and O–H groups in total. The SMILES string of the molecule is CCC1CCCCN1C(=O)c1ccc(OC(C)C)cc1. The van der Waals surface area contributed by atoms with Crippen LogP contribution in [0.2, 0.25) is 0 Å². The zero-order valence-corrected chi connectivity index (χ0v) is 12.8. The summed E-state index contributed by atoms with van der Waals surface area (Å²) >= 11 is 0. The van der Waals surface area contributed by atoms with E-state index in [0.717, 1.165) is 37.1 Å². The summed E-state index contributed by atoms with van der Waals surface area (Å²) in [6.45, 7) is 7.05. The van der Waals surface area contributed by atoms with Crippen LogP contribution in [0.15, 0.2) is 24.3 Å². The first kappa shape index (κ1) is 14.9. The molecule has 0 spiro atoms. The van der Waals surface area contributed by atoms with Gasteiger partial charge in [-0.25, -0.2) is 0 Å². The molecule has 1 aromatic carbocycles. The van der Waals surface area contributed by atoms with Gasteiger partial charge >= 0.3 is 0 Å². The van der Waals surface area contributed by atoms with Crippen molar-refractivity contribution in [2.45, 2.75) is 58.6 Å². The zero-order valence-electron chi connectivity index (χ0n) is 12.8. The van der Waals surface area contributed by atoms with Crippen molar-refractivity contribution in [2.24, 2.45) is 0 Å². The predicted molar refractivity (Wildman–Crippen MR) is 81.2 cm³/mol. The van der Waals surface area contributed by atoms with Gasteiger partial charge in [-0.3, -0.25) is 4.79 Å². The van der Waals surface area contributed by atoms with E-state index in [1.165, 1.54) is 6.42 Å². The summed E-state index contributed by atoms with van der Waals surface area (Å²) in [7, 11) is 0. The van der Waals surface area contributed by atoms with Gasteiger partial charge in [-0.15, -0.1) is 0 Å². The van der Waals surface area contributed by atoms with Gasteiger partial charge in [0, 0.05) is 18.2 Å². The molecule has 0 saturated carbocycles. The highest BCUT2D eigenvalue weighted by Gasteiger charge is 2.25. The molecule has 1 unspecified atom stereocenters. The van der Waals surface area contributed by atoms with Gasteiger partial charge in [0.1, 0.15) is 5.75 Å². The molecule has 3 heteroatoms. The van der Waals surface area contributed by atoms with Crippen LogP contribution in [0.4, 0.5) is 0 Å². The predicted octanol–water partition coefficient (Wildman–Crippen LogP) is 3.88. The number of carbonyl (C=O) groups is 1. The van der Waals surface area contributed by atoms with E-state index in [1.54, 1.807) is 0 Å². The summed E-state index contributed by atoms with van der Waals surface area (Å²) < 4.78 is 5.61. The van der Waals surface area contributed by atoms with Crippen molar-refractivity contribution in [2.75, 3.05) is 6.54 Å². The minimum Gasteiger partial charge on any atom is -0.491 e. The average Bonchev–Trinajstić information content (AvgIpc) is 2.46. The Morgan fingerprint density at radius 3 is 2.60 bits per heavy atom. The molecular formula is C17H25NO2. The Labute approximate surface area is 121 Å². The number of benzene rings is 1. The van der Waals surface area contributed by atoms with Gasteiger partial charge in [0.05, 0.1) is 6.10 Å². The molecular weight excluding hydrogens is 250 g/mol. The second-order valence-electron chi connectivity index (χ2n) is 5.75. The van der Waals surface area contributed by atoms with Gasteiger partial charge in [-0.2, -0.15) is 0 Å². The molecule has 20 heavy (non-hydrogen) atoms. The average molecular weight is 275 g/mol. The Hall–Kier alpha value is -1.51. The summed E-state index contributed by atoms with van der Waals surface area (Å²) in [5.74, 6) is 0.981. The Kier molecular flexibility index (Phi) is 5.05. The van der Waals surface area contributed by atoms with Crippen LogP contribution in [-0.4, -0.2) is 29.5 Å². The Morgan fingerprint density at radius 2 is 2.00 bits per heavy atom. The topological polar surface area (TPSA) is 29.5 Å².